The van der Waals surface area contributed by atoms with Crippen LogP contribution < -0.4 is 36.2 Å². The second kappa shape index (κ2) is 18.8. The second-order valence-electron chi connectivity index (χ2n) is 18.4. The van der Waals surface area contributed by atoms with E-state index < -0.39 is 34.1 Å². The third kappa shape index (κ3) is 8.37. The van der Waals surface area contributed by atoms with Gasteiger partial charge in [-0.25, -0.2) is 0 Å². The van der Waals surface area contributed by atoms with Crippen LogP contribution in [0.25, 0.3) is 11.1 Å². The number of aromatic nitrogens is 4. The average Bonchev–Trinajstić information content (AvgIpc) is 4.22. The maximum atomic E-state index is 7.41. The Labute approximate surface area is 433 Å². The molecule has 4 aliphatic heterocycles. The summed E-state index contributed by atoms with van der Waals surface area (Å²) in [6.07, 6.45) is 10.9. The van der Waals surface area contributed by atoms with Crippen LogP contribution in [0.2, 0.25) is 0 Å². The van der Waals surface area contributed by atoms with Crippen molar-refractivity contribution in [2.24, 2.45) is 0 Å². The molecule has 0 bridgehead atoms. The van der Waals surface area contributed by atoms with E-state index >= 15 is 0 Å². The van der Waals surface area contributed by atoms with Crippen LogP contribution in [0.3, 0.4) is 0 Å². The Morgan fingerprint density at radius 1 is 0.351 bits per heavy atom. The lowest BCUT2D eigenvalue weighted by atomic mass is 9.99. The van der Waals surface area contributed by atoms with Crippen LogP contribution >= 0.6 is 34.1 Å². The quantitative estimate of drug-likeness (QED) is 0.132. The molecule has 6 aromatic carbocycles. The third-order valence-corrected chi connectivity index (χ3v) is 19.3. The molecule has 0 aliphatic carbocycles. The first-order valence-corrected chi connectivity index (χ1v) is 28.9. The van der Waals surface area contributed by atoms with Gasteiger partial charge in [0.05, 0.1) is 5.56 Å². The Morgan fingerprint density at radius 2 is 0.676 bits per heavy atom. The molecule has 12 nitrogen and oxygen atoms in total. The van der Waals surface area contributed by atoms with Gasteiger partial charge < -0.3 is 36.2 Å². The number of rotatable bonds is 9. The zero-order chi connectivity index (χ0) is 49.3. The first-order chi connectivity index (χ1) is 36.4. The van der Waals surface area contributed by atoms with E-state index in [4.69, 9.17) is 36.2 Å². The lowest BCUT2D eigenvalue weighted by Gasteiger charge is -2.27. The van der Waals surface area contributed by atoms with Crippen molar-refractivity contribution in [2.75, 3.05) is 0 Å². The summed E-state index contributed by atoms with van der Waals surface area (Å²) in [5.41, 5.74) is 11.6. The summed E-state index contributed by atoms with van der Waals surface area (Å²) in [4.78, 5) is 0. The van der Waals surface area contributed by atoms with E-state index in [0.717, 1.165) is 79.2 Å². The molecule has 0 radical (unpaired) electrons. The highest BCUT2D eigenvalue weighted by molar-refractivity contribution is 7.47. The lowest BCUT2D eigenvalue weighted by Crippen LogP contribution is -2.09. The van der Waals surface area contributed by atoms with Gasteiger partial charge in [-0.15, -0.1) is 0 Å². The van der Waals surface area contributed by atoms with Crippen molar-refractivity contribution in [3.8, 4) is 57.1 Å². The van der Waals surface area contributed by atoms with Gasteiger partial charge in [-0.2, -0.15) is 0 Å². The van der Waals surface area contributed by atoms with Crippen LogP contribution in [0.15, 0.2) is 195 Å². The van der Waals surface area contributed by atoms with Crippen molar-refractivity contribution in [3.63, 3.8) is 0 Å². The summed E-state index contributed by atoms with van der Waals surface area (Å²) in [5.74, 6) is 5.25. The van der Waals surface area contributed by atoms with Crippen LogP contribution in [0.5, 0.6) is 46.0 Å². The van der Waals surface area contributed by atoms with E-state index in [1.54, 1.807) is 0 Å². The SMILES string of the molecule is Cc1cc(OP2Oc3ccccc3Cc3cccn32)c(-c2cc(OP3Oc4ccccc4Cc4cccn43)c(C)cc2OP2Oc3ccccc3Cc3cccn32)c(OP2Oc3ccccc3Cc3cccn32)c1. The van der Waals surface area contributed by atoms with Gasteiger partial charge in [0.25, 0.3) is 0 Å². The summed E-state index contributed by atoms with van der Waals surface area (Å²) in [6.45, 7) is 4.08. The molecule has 366 valence electrons. The highest BCUT2D eigenvalue weighted by atomic mass is 31.2. The van der Waals surface area contributed by atoms with Crippen LogP contribution in [-0.4, -0.2) is 17.4 Å². The molecule has 10 aromatic rings. The molecular weight excluding hydrogens is 1000 g/mol. The molecule has 0 fully saturated rings. The fraction of sp³-hybridized carbons (Fsp3) is 0.103. The standard InChI is InChI=1S/C58H46N4O8P4/c1-39-31-56(69-73-61-29-13-21-47(61)36-43-17-5-9-25-52(43)65-73)58(57(32-39)70-74-62-30-14-22-48(62)37-44-18-6-10-26-53(44)66-74)49-38-54(67-71-59-27-11-19-45(59)34-41-15-3-7-23-50(41)63-71)40(2)33-55(49)68-72-60-28-12-20-46(60)35-42-16-4-8-24-51(42)64-72/h3-33,38H,34-37H2,1-2H3. The fourth-order valence-corrected chi connectivity index (χ4v) is 15.5. The van der Waals surface area contributed by atoms with Crippen molar-refractivity contribution in [2.45, 2.75) is 39.5 Å². The van der Waals surface area contributed by atoms with Crippen molar-refractivity contribution < 1.29 is 36.2 Å². The van der Waals surface area contributed by atoms with E-state index in [2.05, 4.69) is 65.9 Å². The zero-order valence-electron chi connectivity index (χ0n) is 40.1. The Morgan fingerprint density at radius 3 is 1.04 bits per heavy atom. The van der Waals surface area contributed by atoms with E-state index in [1.165, 1.54) is 0 Å². The van der Waals surface area contributed by atoms with Gasteiger partial charge in [0, 0.05) is 101 Å². The first-order valence-electron chi connectivity index (χ1n) is 24.3. The zero-order valence-corrected chi connectivity index (χ0v) is 43.7. The largest absolute Gasteiger partial charge is 0.422 e. The molecule has 4 unspecified atom stereocenters. The monoisotopic (exact) mass is 1050 g/mol. The molecule has 4 aromatic heterocycles. The van der Waals surface area contributed by atoms with Gasteiger partial charge in [-0.1, -0.05) is 72.8 Å². The fourth-order valence-electron chi connectivity index (χ4n) is 9.82. The van der Waals surface area contributed by atoms with Crippen molar-refractivity contribution >= 4 is 34.1 Å². The predicted molar refractivity (Wildman–Crippen MR) is 290 cm³/mol. The number of hydrogen-bond acceptors (Lipinski definition) is 8. The topological polar surface area (TPSA) is 93.6 Å². The molecule has 16 heteroatoms. The summed E-state index contributed by atoms with van der Waals surface area (Å²) in [6, 6.07) is 57.5. The van der Waals surface area contributed by atoms with E-state index in [-0.39, 0.29) is 0 Å². The number of aryl methyl sites for hydroxylation is 2. The maximum absolute atomic E-state index is 7.41. The molecule has 0 saturated carbocycles. The highest BCUT2D eigenvalue weighted by Crippen LogP contribution is 2.59. The van der Waals surface area contributed by atoms with Crippen LogP contribution in [0.1, 0.15) is 56.2 Å². The molecule has 74 heavy (non-hydrogen) atoms. The van der Waals surface area contributed by atoms with Crippen molar-refractivity contribution in [1.82, 2.24) is 17.4 Å². The van der Waals surface area contributed by atoms with Crippen LogP contribution in [0, 0.1) is 13.8 Å². The Hall–Kier alpha value is -7.44. The van der Waals surface area contributed by atoms with Gasteiger partial charge in [0.15, 0.2) is 0 Å². The minimum Gasteiger partial charge on any atom is -0.422 e. The van der Waals surface area contributed by atoms with Gasteiger partial charge >= 0.3 is 34.1 Å². The predicted octanol–water partition coefficient (Wildman–Crippen LogP) is 15.7. The van der Waals surface area contributed by atoms with E-state index in [1.807, 2.05) is 160 Å². The van der Waals surface area contributed by atoms with Gasteiger partial charge in [-0.05, 0) is 122 Å². The summed E-state index contributed by atoms with van der Waals surface area (Å²) in [5, 5.41) is 0. The van der Waals surface area contributed by atoms with E-state index in [9.17, 15) is 0 Å². The summed E-state index contributed by atoms with van der Waals surface area (Å²) in [7, 11) is -7.17. The Balaban J connectivity index is 0.968. The molecule has 4 aliphatic rings. The maximum Gasteiger partial charge on any atom is 0.421 e. The van der Waals surface area contributed by atoms with Crippen molar-refractivity contribution in [3.05, 3.63) is 251 Å². The summed E-state index contributed by atoms with van der Waals surface area (Å²) < 4.78 is 65.5. The molecule has 0 saturated heterocycles. The molecular formula is C58H46N4O8P4. The molecule has 0 amide bonds. The lowest BCUT2D eigenvalue weighted by molar-refractivity contribution is 0.465. The molecule has 8 heterocycles. The average molecular weight is 1050 g/mol. The second-order valence-corrected chi connectivity index (χ2v) is 23.5. The minimum absolute atomic E-state index is 0.516. The number of nitrogens with zero attached hydrogens (tertiary/aromatic N) is 4. The molecule has 0 spiro atoms. The number of hydrogen-bond donors (Lipinski definition) is 0. The number of benzene rings is 6. The van der Waals surface area contributed by atoms with Crippen molar-refractivity contribution in [1.29, 1.82) is 0 Å². The van der Waals surface area contributed by atoms with Crippen LogP contribution in [-0.2, 0) is 25.7 Å². The van der Waals surface area contributed by atoms with Crippen LogP contribution in [0.4, 0.5) is 0 Å². The minimum atomic E-state index is -1.82. The molecule has 0 N–H and O–H groups in total. The van der Waals surface area contributed by atoms with E-state index in [0.29, 0.717) is 59.8 Å². The Bertz CT molecular complexity index is 3650. The van der Waals surface area contributed by atoms with Gasteiger partial charge in [0.2, 0.25) is 0 Å². The highest BCUT2D eigenvalue weighted by Gasteiger charge is 2.35. The van der Waals surface area contributed by atoms with Gasteiger partial charge in [0.1, 0.15) is 46.0 Å². The summed E-state index contributed by atoms with van der Waals surface area (Å²) >= 11 is 0. The van der Waals surface area contributed by atoms with Gasteiger partial charge in [-0.3, -0.25) is 17.4 Å². The Kier molecular flexibility index (Phi) is 11.5. The smallest absolute Gasteiger partial charge is 0.421 e. The normalized spacial score (nSPS) is 17.8. The first kappa shape index (κ1) is 45.2. The number of fused-ring (bicyclic) bond motifs is 8. The number of para-hydroxylation sites is 4. The molecule has 4 atom stereocenters. The molecule has 14 rings (SSSR count). The third-order valence-electron chi connectivity index (χ3n) is 13.5.